The van der Waals surface area contributed by atoms with Gasteiger partial charge in [0, 0.05) is 12.8 Å². The standard InChI is InChI=1S/C15H14/c1-11-10-12-6-2-3-8-14(12)15-9-5-4-7-13(11)15/h2-9,12H,10H2,1H3/i1D3,10D2. The number of fused-ring (bicyclic) bond motifs is 2. The van der Waals surface area contributed by atoms with E-state index in [4.69, 9.17) is 6.85 Å². The lowest BCUT2D eigenvalue weighted by molar-refractivity contribution is 0.839. The smallest absolute Gasteiger partial charge is 0.0322 e. The summed E-state index contributed by atoms with van der Waals surface area (Å²) in [5.74, 6) is -0.544. The van der Waals surface area contributed by atoms with Crippen molar-refractivity contribution < 1.29 is 6.85 Å². The van der Waals surface area contributed by atoms with Gasteiger partial charge in [0.1, 0.15) is 0 Å². The highest BCUT2D eigenvalue weighted by molar-refractivity contribution is 5.69. The van der Waals surface area contributed by atoms with Gasteiger partial charge in [-0.25, -0.2) is 0 Å². The van der Waals surface area contributed by atoms with E-state index in [0.29, 0.717) is 5.22 Å². The second-order valence-corrected chi connectivity index (χ2v) is 3.74. The van der Waals surface area contributed by atoms with Gasteiger partial charge in [-0.05, 0) is 29.2 Å². The SMILES string of the molecule is [2H]C([2H])([2H])C1=c2ccccc2=C2C=CC=CC2C1([2H])[2H]. The molecule has 0 heterocycles. The van der Waals surface area contributed by atoms with E-state index in [9.17, 15) is 0 Å². The monoisotopic (exact) mass is 199 g/mol. The molecule has 0 spiro atoms. The minimum atomic E-state index is -2.44. The lowest BCUT2D eigenvalue weighted by Crippen LogP contribution is -2.34. The Balaban J connectivity index is 2.53. The first-order valence-corrected chi connectivity index (χ1v) is 5.03. The molecule has 0 heteroatoms. The fourth-order valence-electron chi connectivity index (χ4n) is 2.11. The van der Waals surface area contributed by atoms with Gasteiger partial charge in [0.2, 0.25) is 0 Å². The Labute approximate surface area is 97.0 Å². The minimum absolute atomic E-state index is 0.0886. The van der Waals surface area contributed by atoms with E-state index < -0.39 is 19.1 Å². The lowest BCUT2D eigenvalue weighted by atomic mass is 9.83. The molecule has 0 bridgehead atoms. The molecule has 0 saturated heterocycles. The zero-order valence-corrected chi connectivity index (χ0v) is 8.20. The van der Waals surface area contributed by atoms with Crippen LogP contribution in [0, 0.1) is 5.92 Å². The highest BCUT2D eigenvalue weighted by Crippen LogP contribution is 2.27. The van der Waals surface area contributed by atoms with Gasteiger partial charge in [-0.3, -0.25) is 0 Å². The molecule has 2 aliphatic carbocycles. The van der Waals surface area contributed by atoms with Gasteiger partial charge in [0.05, 0.1) is 0 Å². The summed E-state index contributed by atoms with van der Waals surface area (Å²) >= 11 is 0. The van der Waals surface area contributed by atoms with Crippen molar-refractivity contribution in [3.8, 4) is 0 Å². The van der Waals surface area contributed by atoms with Crippen LogP contribution in [0.4, 0.5) is 0 Å². The summed E-state index contributed by atoms with van der Waals surface area (Å²) in [5.41, 5.74) is 0.760. The molecule has 1 atom stereocenters. The number of rotatable bonds is 0. The van der Waals surface area contributed by atoms with Crippen LogP contribution < -0.4 is 10.4 Å². The van der Waals surface area contributed by atoms with E-state index in [2.05, 4.69) is 0 Å². The summed E-state index contributed by atoms with van der Waals surface area (Å²) in [5, 5.41) is 1.32. The maximum absolute atomic E-state index is 8.36. The molecule has 1 aromatic carbocycles. The Kier molecular flexibility index (Phi) is 1.07. The Bertz CT molecular complexity index is 734. The van der Waals surface area contributed by atoms with Crippen LogP contribution in [0.1, 0.15) is 20.1 Å². The highest BCUT2D eigenvalue weighted by Gasteiger charge is 2.17. The maximum Gasteiger partial charge on any atom is 0.0322 e. The van der Waals surface area contributed by atoms with Crippen molar-refractivity contribution in [2.45, 2.75) is 13.2 Å². The first kappa shape index (κ1) is 4.98. The summed E-state index contributed by atoms with van der Waals surface area (Å²) in [7, 11) is 0. The predicted octanol–water partition coefficient (Wildman–Crippen LogP) is 2.15. The van der Waals surface area contributed by atoms with Crippen molar-refractivity contribution in [1.82, 2.24) is 0 Å². The molecule has 0 fully saturated rings. The van der Waals surface area contributed by atoms with E-state index in [1.54, 1.807) is 24.3 Å². The molecule has 0 saturated carbocycles. The van der Waals surface area contributed by atoms with E-state index in [0.717, 1.165) is 10.8 Å². The Hall–Kier alpha value is -1.56. The summed E-state index contributed by atoms with van der Waals surface area (Å²) in [4.78, 5) is 0. The van der Waals surface area contributed by atoms with Crippen molar-refractivity contribution in [3.63, 3.8) is 0 Å². The Morgan fingerprint density at radius 2 is 2.13 bits per heavy atom. The van der Waals surface area contributed by atoms with Gasteiger partial charge in [0.15, 0.2) is 0 Å². The van der Waals surface area contributed by atoms with Gasteiger partial charge in [-0.15, -0.1) is 0 Å². The molecule has 2 aliphatic rings. The third kappa shape index (κ3) is 1.29. The van der Waals surface area contributed by atoms with Crippen LogP contribution in [0.3, 0.4) is 0 Å². The highest BCUT2D eigenvalue weighted by atomic mass is 14.2. The third-order valence-corrected chi connectivity index (χ3v) is 2.83. The van der Waals surface area contributed by atoms with Crippen LogP contribution in [0.25, 0.3) is 11.1 Å². The molecule has 0 aliphatic heterocycles. The van der Waals surface area contributed by atoms with Crippen molar-refractivity contribution in [2.24, 2.45) is 5.92 Å². The summed E-state index contributed by atoms with van der Waals surface area (Å²) < 4.78 is 39.9. The van der Waals surface area contributed by atoms with Crippen LogP contribution in [-0.2, 0) is 0 Å². The zero-order chi connectivity index (χ0) is 14.5. The number of benzene rings is 1. The third-order valence-electron chi connectivity index (χ3n) is 2.83. The lowest BCUT2D eigenvalue weighted by Gasteiger charge is -2.22. The van der Waals surface area contributed by atoms with E-state index in [1.165, 1.54) is 0 Å². The average molecular weight is 199 g/mol. The second-order valence-electron chi connectivity index (χ2n) is 3.74. The molecule has 15 heavy (non-hydrogen) atoms. The molecule has 74 valence electrons. The molecule has 0 radical (unpaired) electrons. The van der Waals surface area contributed by atoms with Crippen molar-refractivity contribution >= 4 is 11.1 Å². The number of allylic oxidation sites excluding steroid dienone is 4. The van der Waals surface area contributed by atoms with Gasteiger partial charge in [0.25, 0.3) is 0 Å². The average Bonchev–Trinajstić information content (AvgIpc) is 2.37. The summed E-state index contributed by atoms with van der Waals surface area (Å²) in [6.07, 6.45) is 5.35. The largest absolute Gasteiger partial charge is 0.0767 e. The normalized spacial score (nSPS) is 31.7. The molecule has 3 rings (SSSR count). The van der Waals surface area contributed by atoms with E-state index in [-0.39, 0.29) is 5.57 Å². The van der Waals surface area contributed by atoms with Crippen molar-refractivity contribution in [2.75, 3.05) is 0 Å². The van der Waals surface area contributed by atoms with Crippen molar-refractivity contribution in [1.29, 1.82) is 0 Å². The first-order chi connectivity index (χ1) is 9.33. The summed E-state index contributed by atoms with van der Waals surface area (Å²) in [6.45, 7) is -2.44. The quantitative estimate of drug-likeness (QED) is 0.600. The van der Waals surface area contributed by atoms with Gasteiger partial charge in [-0.1, -0.05) is 54.1 Å². The zero-order valence-electron chi connectivity index (χ0n) is 13.2. The van der Waals surface area contributed by atoms with E-state index in [1.807, 2.05) is 24.3 Å². The molecular weight excluding hydrogens is 180 g/mol. The van der Waals surface area contributed by atoms with Gasteiger partial charge < -0.3 is 0 Å². The van der Waals surface area contributed by atoms with Gasteiger partial charge >= 0.3 is 0 Å². The molecule has 1 unspecified atom stereocenters. The number of hydrogen-bond acceptors (Lipinski definition) is 0. The van der Waals surface area contributed by atoms with Crippen LogP contribution >= 0.6 is 0 Å². The molecule has 0 N–H and O–H groups in total. The Morgan fingerprint density at radius 1 is 1.27 bits per heavy atom. The van der Waals surface area contributed by atoms with Gasteiger partial charge in [-0.2, -0.15) is 0 Å². The van der Waals surface area contributed by atoms with Crippen LogP contribution in [0.2, 0.25) is 0 Å². The molecular formula is C15H14. The molecule has 0 amide bonds. The topological polar surface area (TPSA) is 0 Å². The minimum Gasteiger partial charge on any atom is -0.0767 e. The fourth-order valence-corrected chi connectivity index (χ4v) is 2.11. The number of hydrogen-bond donors (Lipinski definition) is 0. The van der Waals surface area contributed by atoms with E-state index >= 15 is 0 Å². The molecule has 1 aromatic rings. The molecule has 0 nitrogen and oxygen atoms in total. The van der Waals surface area contributed by atoms with Crippen LogP contribution in [-0.4, -0.2) is 0 Å². The molecule has 0 aromatic heterocycles. The summed E-state index contributed by atoms with van der Waals surface area (Å²) in [6, 6.07) is 7.17. The van der Waals surface area contributed by atoms with Crippen LogP contribution in [0.5, 0.6) is 0 Å². The first-order valence-electron chi connectivity index (χ1n) is 7.53. The van der Waals surface area contributed by atoms with Crippen LogP contribution in [0.15, 0.2) is 48.6 Å². The predicted molar refractivity (Wildman–Crippen MR) is 64.6 cm³/mol. The second kappa shape index (κ2) is 3.23. The maximum atomic E-state index is 8.36. The fraction of sp³-hybridized carbons (Fsp3) is 0.200. The van der Waals surface area contributed by atoms with Crippen molar-refractivity contribution in [3.05, 3.63) is 59.0 Å². The Morgan fingerprint density at radius 3 is 3.00 bits per heavy atom.